The molecule has 0 unspecified atom stereocenters. The fourth-order valence-electron chi connectivity index (χ4n) is 0.359. The molecule has 0 aliphatic carbocycles. The second-order valence-electron chi connectivity index (χ2n) is 1.45. The summed E-state index contributed by atoms with van der Waals surface area (Å²) in [5.74, 6) is 0. The molecule has 7 heavy (non-hydrogen) atoms. The van der Waals surface area contributed by atoms with Crippen LogP contribution in [0.15, 0.2) is 24.8 Å². The standard InChI is InChI=1S/C6H11B/c1-2-3-4-5-6-7/h2-4H,1,5-7H2/b4-3+. The van der Waals surface area contributed by atoms with Crippen LogP contribution in [0, 0.1) is 0 Å². The summed E-state index contributed by atoms with van der Waals surface area (Å²) in [5, 5.41) is 0. The van der Waals surface area contributed by atoms with Crippen molar-refractivity contribution in [2.45, 2.75) is 12.7 Å². The van der Waals surface area contributed by atoms with Gasteiger partial charge < -0.3 is 0 Å². The molecular weight excluding hydrogens is 82.9 g/mol. The number of hydrogen-bond acceptors (Lipinski definition) is 0. The third-order valence-electron chi connectivity index (χ3n) is 0.728. The van der Waals surface area contributed by atoms with E-state index in [0.29, 0.717) is 0 Å². The van der Waals surface area contributed by atoms with Gasteiger partial charge in [-0.1, -0.05) is 31.1 Å². The predicted molar refractivity (Wildman–Crippen MR) is 37.3 cm³/mol. The third-order valence-corrected chi connectivity index (χ3v) is 0.728. The van der Waals surface area contributed by atoms with Crippen molar-refractivity contribution in [3.05, 3.63) is 24.8 Å². The summed E-state index contributed by atoms with van der Waals surface area (Å²) >= 11 is 0. The maximum absolute atomic E-state index is 3.55. The first-order valence-electron chi connectivity index (χ1n) is 2.69. The highest BCUT2D eigenvalue weighted by Gasteiger charge is 1.66. The van der Waals surface area contributed by atoms with E-state index in [0.717, 1.165) is 0 Å². The van der Waals surface area contributed by atoms with Crippen LogP contribution in [-0.2, 0) is 0 Å². The average molecular weight is 94.0 g/mol. The zero-order valence-electron chi connectivity index (χ0n) is 4.85. The molecule has 38 valence electrons. The van der Waals surface area contributed by atoms with E-state index in [9.17, 15) is 0 Å². The molecule has 0 heterocycles. The molecule has 0 rings (SSSR count). The summed E-state index contributed by atoms with van der Waals surface area (Å²) in [6.07, 6.45) is 8.29. The van der Waals surface area contributed by atoms with E-state index in [4.69, 9.17) is 0 Å². The molecule has 0 aromatic heterocycles. The van der Waals surface area contributed by atoms with E-state index in [1.165, 1.54) is 12.7 Å². The first-order valence-corrected chi connectivity index (χ1v) is 2.69. The minimum atomic E-state index is 1.17. The minimum Gasteiger partial charge on any atom is -0.0991 e. The Morgan fingerprint density at radius 3 is 2.71 bits per heavy atom. The van der Waals surface area contributed by atoms with Crippen molar-refractivity contribution in [2.24, 2.45) is 0 Å². The number of rotatable bonds is 3. The molecule has 0 saturated carbocycles. The van der Waals surface area contributed by atoms with Gasteiger partial charge in [-0.3, -0.25) is 0 Å². The fraction of sp³-hybridized carbons (Fsp3) is 0.333. The quantitative estimate of drug-likeness (QED) is 0.363. The largest absolute Gasteiger partial charge is 0.101 e. The summed E-state index contributed by atoms with van der Waals surface area (Å²) in [6.45, 7) is 3.55. The summed E-state index contributed by atoms with van der Waals surface area (Å²) < 4.78 is 0. The van der Waals surface area contributed by atoms with Crippen LogP contribution in [0.3, 0.4) is 0 Å². The second-order valence-corrected chi connectivity index (χ2v) is 1.45. The fourth-order valence-corrected chi connectivity index (χ4v) is 0.359. The van der Waals surface area contributed by atoms with Gasteiger partial charge in [-0.25, -0.2) is 0 Å². The highest BCUT2D eigenvalue weighted by atomic mass is 13.7. The Morgan fingerprint density at radius 2 is 2.29 bits per heavy atom. The molecule has 0 spiro atoms. The van der Waals surface area contributed by atoms with Crippen LogP contribution in [0.4, 0.5) is 0 Å². The minimum absolute atomic E-state index is 1.17. The van der Waals surface area contributed by atoms with Crippen molar-refractivity contribution in [3.63, 3.8) is 0 Å². The van der Waals surface area contributed by atoms with Gasteiger partial charge in [0.25, 0.3) is 0 Å². The maximum Gasteiger partial charge on any atom is 0.101 e. The Balaban J connectivity index is 2.92. The van der Waals surface area contributed by atoms with E-state index in [-0.39, 0.29) is 0 Å². The predicted octanol–water partition coefficient (Wildman–Crippen LogP) is 1.17. The van der Waals surface area contributed by atoms with Gasteiger partial charge in [-0.2, -0.15) is 0 Å². The van der Waals surface area contributed by atoms with Gasteiger partial charge >= 0.3 is 0 Å². The summed E-state index contributed by atoms with van der Waals surface area (Å²) in [6, 6.07) is 0. The van der Waals surface area contributed by atoms with Crippen LogP contribution >= 0.6 is 0 Å². The average Bonchev–Trinajstić information content (AvgIpc) is 1.69. The monoisotopic (exact) mass is 94.1 g/mol. The molecule has 0 amide bonds. The van der Waals surface area contributed by atoms with E-state index < -0.39 is 0 Å². The van der Waals surface area contributed by atoms with Crippen LogP contribution in [0.5, 0.6) is 0 Å². The molecule has 1 heteroatoms. The van der Waals surface area contributed by atoms with Gasteiger partial charge in [-0.05, 0) is 6.42 Å². The van der Waals surface area contributed by atoms with E-state index in [1.807, 2.05) is 6.08 Å². The summed E-state index contributed by atoms with van der Waals surface area (Å²) in [5.41, 5.74) is 0. The molecule has 0 aliphatic heterocycles. The molecule has 0 bridgehead atoms. The Labute approximate surface area is 46.3 Å². The van der Waals surface area contributed by atoms with Gasteiger partial charge in [0, 0.05) is 0 Å². The molecule has 0 saturated heterocycles. The zero-order valence-corrected chi connectivity index (χ0v) is 4.85. The Hall–Kier alpha value is -0.455. The Kier molecular flexibility index (Phi) is 5.18. The smallest absolute Gasteiger partial charge is 0.0991 e. The molecule has 0 fully saturated rings. The van der Waals surface area contributed by atoms with Gasteiger partial charge in [-0.15, -0.1) is 0 Å². The molecule has 0 aliphatic rings. The maximum atomic E-state index is 3.55. The van der Waals surface area contributed by atoms with Crippen LogP contribution in [0.25, 0.3) is 0 Å². The Bertz CT molecular complexity index is 64.6. The van der Waals surface area contributed by atoms with Crippen LogP contribution in [0.1, 0.15) is 6.42 Å². The SMILES string of the molecule is BCC/C=C/C=C. The molecule has 0 aromatic rings. The number of hydrogen-bond donors (Lipinski definition) is 0. The highest BCUT2D eigenvalue weighted by Crippen LogP contribution is 1.85. The van der Waals surface area contributed by atoms with E-state index in [2.05, 4.69) is 20.5 Å². The van der Waals surface area contributed by atoms with Gasteiger partial charge in [0.2, 0.25) is 0 Å². The van der Waals surface area contributed by atoms with Crippen LogP contribution in [0.2, 0.25) is 6.32 Å². The number of allylic oxidation sites excluding steroid dienone is 3. The first-order chi connectivity index (χ1) is 3.41. The lowest BCUT2D eigenvalue weighted by molar-refractivity contribution is 1.21. The lowest BCUT2D eigenvalue weighted by Crippen LogP contribution is -1.61. The molecule has 0 atom stereocenters. The molecule has 0 radical (unpaired) electrons. The summed E-state index contributed by atoms with van der Waals surface area (Å²) in [7, 11) is 2.16. The van der Waals surface area contributed by atoms with Crippen molar-refractivity contribution in [1.29, 1.82) is 0 Å². The topological polar surface area (TPSA) is 0 Å². The van der Waals surface area contributed by atoms with Crippen molar-refractivity contribution < 1.29 is 0 Å². The Morgan fingerprint density at radius 1 is 1.57 bits per heavy atom. The second kappa shape index (κ2) is 5.54. The van der Waals surface area contributed by atoms with E-state index >= 15 is 0 Å². The normalized spacial score (nSPS) is 9.71. The van der Waals surface area contributed by atoms with Gasteiger partial charge in [0.05, 0.1) is 0 Å². The zero-order chi connectivity index (χ0) is 5.54. The highest BCUT2D eigenvalue weighted by molar-refractivity contribution is 6.08. The van der Waals surface area contributed by atoms with Gasteiger partial charge in [0.1, 0.15) is 7.85 Å². The van der Waals surface area contributed by atoms with Crippen molar-refractivity contribution >= 4 is 7.85 Å². The van der Waals surface area contributed by atoms with Crippen LogP contribution in [-0.4, -0.2) is 7.85 Å². The molecule has 0 N–H and O–H groups in total. The van der Waals surface area contributed by atoms with Crippen molar-refractivity contribution in [3.8, 4) is 0 Å². The first kappa shape index (κ1) is 6.54. The van der Waals surface area contributed by atoms with Crippen molar-refractivity contribution in [1.82, 2.24) is 0 Å². The molecule has 0 aromatic carbocycles. The lowest BCUT2D eigenvalue weighted by atomic mass is 10.0. The van der Waals surface area contributed by atoms with Crippen LogP contribution < -0.4 is 0 Å². The van der Waals surface area contributed by atoms with E-state index in [1.54, 1.807) is 6.08 Å². The van der Waals surface area contributed by atoms with Gasteiger partial charge in [0.15, 0.2) is 0 Å². The molecular formula is C6H11B. The molecule has 0 nitrogen and oxygen atoms in total. The summed E-state index contributed by atoms with van der Waals surface area (Å²) in [4.78, 5) is 0. The third kappa shape index (κ3) is 5.54. The van der Waals surface area contributed by atoms with Crippen molar-refractivity contribution in [2.75, 3.05) is 0 Å². The lowest BCUT2D eigenvalue weighted by Gasteiger charge is -1.76.